The fourth-order valence-electron chi connectivity index (χ4n) is 1.66. The summed E-state index contributed by atoms with van der Waals surface area (Å²) in [7, 11) is 0. The molecule has 0 bridgehead atoms. The number of benzene rings is 1. The van der Waals surface area contributed by atoms with Crippen molar-refractivity contribution < 1.29 is 27.1 Å². The molecular formula is C14H16F4O2. The van der Waals surface area contributed by atoms with Gasteiger partial charge in [0, 0.05) is 0 Å². The number of hydrogen-bond acceptors (Lipinski definition) is 2. The van der Waals surface area contributed by atoms with Crippen LogP contribution in [0.15, 0.2) is 18.2 Å². The molecule has 0 saturated carbocycles. The van der Waals surface area contributed by atoms with E-state index < -0.39 is 29.1 Å². The molecule has 0 amide bonds. The molecule has 112 valence electrons. The Hall–Kier alpha value is -1.59. The Morgan fingerprint density at radius 3 is 2.50 bits per heavy atom. The average molecular weight is 292 g/mol. The highest BCUT2D eigenvalue weighted by Gasteiger charge is 2.36. The molecule has 0 aromatic heterocycles. The van der Waals surface area contributed by atoms with E-state index in [1.807, 2.05) is 13.8 Å². The van der Waals surface area contributed by atoms with Crippen LogP contribution in [0.3, 0.4) is 0 Å². The van der Waals surface area contributed by atoms with Gasteiger partial charge in [0.1, 0.15) is 5.82 Å². The van der Waals surface area contributed by atoms with Gasteiger partial charge in [-0.2, -0.15) is 13.2 Å². The van der Waals surface area contributed by atoms with Gasteiger partial charge in [-0.05, 0) is 37.0 Å². The summed E-state index contributed by atoms with van der Waals surface area (Å²) in [6.07, 6.45) is -3.41. The second kappa shape index (κ2) is 6.72. The van der Waals surface area contributed by atoms with Crippen LogP contribution in [0.2, 0.25) is 0 Å². The van der Waals surface area contributed by atoms with Crippen LogP contribution in [0.4, 0.5) is 17.6 Å². The first-order valence-electron chi connectivity index (χ1n) is 6.25. The van der Waals surface area contributed by atoms with E-state index in [1.165, 1.54) is 0 Å². The Labute approximate surface area is 114 Å². The van der Waals surface area contributed by atoms with Gasteiger partial charge in [0.05, 0.1) is 17.7 Å². The largest absolute Gasteiger partial charge is 0.462 e. The molecule has 20 heavy (non-hydrogen) atoms. The van der Waals surface area contributed by atoms with Crippen LogP contribution in [0.25, 0.3) is 0 Å². The smallest absolute Gasteiger partial charge is 0.417 e. The van der Waals surface area contributed by atoms with E-state index in [-0.39, 0.29) is 6.61 Å². The minimum atomic E-state index is -4.80. The van der Waals surface area contributed by atoms with E-state index in [2.05, 4.69) is 0 Å². The molecule has 0 aliphatic heterocycles. The summed E-state index contributed by atoms with van der Waals surface area (Å²) in [5.41, 5.74) is -1.98. The number of esters is 1. The van der Waals surface area contributed by atoms with Crippen LogP contribution in [-0.2, 0) is 10.9 Å². The fourth-order valence-corrected chi connectivity index (χ4v) is 1.66. The summed E-state index contributed by atoms with van der Waals surface area (Å²) in [4.78, 5) is 11.6. The van der Waals surface area contributed by atoms with Gasteiger partial charge < -0.3 is 4.74 Å². The third-order valence-corrected chi connectivity index (χ3v) is 2.67. The zero-order valence-corrected chi connectivity index (χ0v) is 11.3. The zero-order valence-electron chi connectivity index (χ0n) is 11.3. The SMILES string of the molecule is CC(C)CCCOC(=O)c1ccc(F)cc1C(F)(F)F. The minimum Gasteiger partial charge on any atom is -0.462 e. The van der Waals surface area contributed by atoms with Gasteiger partial charge in [-0.25, -0.2) is 9.18 Å². The third kappa shape index (κ3) is 4.83. The van der Waals surface area contributed by atoms with Gasteiger partial charge in [-0.1, -0.05) is 13.8 Å². The molecule has 0 aliphatic carbocycles. The second-order valence-corrected chi connectivity index (χ2v) is 4.86. The number of alkyl halides is 3. The lowest BCUT2D eigenvalue weighted by Crippen LogP contribution is -2.16. The monoisotopic (exact) mass is 292 g/mol. The number of carbonyl (C=O) groups is 1. The van der Waals surface area contributed by atoms with Gasteiger partial charge in [-0.15, -0.1) is 0 Å². The normalized spacial score (nSPS) is 11.8. The summed E-state index contributed by atoms with van der Waals surface area (Å²) in [5.74, 6) is -1.71. The summed E-state index contributed by atoms with van der Waals surface area (Å²) in [5, 5.41) is 0. The molecule has 1 rings (SSSR count). The first-order valence-corrected chi connectivity index (χ1v) is 6.25. The Balaban J connectivity index is 2.78. The maximum absolute atomic E-state index is 12.9. The Morgan fingerprint density at radius 2 is 1.95 bits per heavy atom. The van der Waals surface area contributed by atoms with E-state index in [4.69, 9.17) is 4.74 Å². The lowest BCUT2D eigenvalue weighted by molar-refractivity contribution is -0.138. The molecule has 0 fully saturated rings. The van der Waals surface area contributed by atoms with Gasteiger partial charge in [0.25, 0.3) is 0 Å². The summed E-state index contributed by atoms with van der Waals surface area (Å²) in [6, 6.07) is 1.90. The summed E-state index contributed by atoms with van der Waals surface area (Å²) in [6.45, 7) is 4.03. The predicted octanol–water partition coefficient (Wildman–Crippen LogP) is 4.44. The van der Waals surface area contributed by atoms with Crippen molar-refractivity contribution in [1.29, 1.82) is 0 Å². The first-order chi connectivity index (χ1) is 9.21. The Kier molecular flexibility index (Phi) is 5.53. The van der Waals surface area contributed by atoms with Gasteiger partial charge in [0.2, 0.25) is 0 Å². The van der Waals surface area contributed by atoms with Crippen molar-refractivity contribution in [3.8, 4) is 0 Å². The summed E-state index contributed by atoms with van der Waals surface area (Å²) >= 11 is 0. The maximum atomic E-state index is 12.9. The van der Waals surface area contributed by atoms with Crippen LogP contribution in [0.1, 0.15) is 42.6 Å². The van der Waals surface area contributed by atoms with Crippen molar-refractivity contribution in [1.82, 2.24) is 0 Å². The number of ether oxygens (including phenoxy) is 1. The van der Waals surface area contributed by atoms with Crippen LogP contribution < -0.4 is 0 Å². The molecule has 0 heterocycles. The van der Waals surface area contributed by atoms with Crippen molar-refractivity contribution >= 4 is 5.97 Å². The zero-order chi connectivity index (χ0) is 15.3. The second-order valence-electron chi connectivity index (χ2n) is 4.86. The molecule has 0 unspecified atom stereocenters. The number of hydrogen-bond donors (Lipinski definition) is 0. The van der Waals surface area contributed by atoms with Crippen LogP contribution in [0, 0.1) is 11.7 Å². The molecule has 0 spiro atoms. The highest BCUT2D eigenvalue weighted by atomic mass is 19.4. The summed E-state index contributed by atoms with van der Waals surface area (Å²) < 4.78 is 55.8. The van der Waals surface area contributed by atoms with Gasteiger partial charge >= 0.3 is 12.1 Å². The molecule has 0 atom stereocenters. The Bertz CT molecular complexity index is 467. The number of carbonyl (C=O) groups excluding carboxylic acids is 1. The van der Waals surface area contributed by atoms with Crippen molar-refractivity contribution in [2.45, 2.75) is 32.9 Å². The predicted molar refractivity (Wildman–Crippen MR) is 65.8 cm³/mol. The van der Waals surface area contributed by atoms with Crippen LogP contribution >= 0.6 is 0 Å². The van der Waals surface area contributed by atoms with E-state index in [1.54, 1.807) is 0 Å². The molecule has 0 radical (unpaired) electrons. The lowest BCUT2D eigenvalue weighted by atomic mass is 10.1. The topological polar surface area (TPSA) is 26.3 Å². The number of halogens is 4. The first kappa shape index (κ1) is 16.5. The molecule has 0 saturated heterocycles. The minimum absolute atomic E-state index is 0.0473. The molecular weight excluding hydrogens is 276 g/mol. The Morgan fingerprint density at radius 1 is 1.30 bits per heavy atom. The van der Waals surface area contributed by atoms with Crippen molar-refractivity contribution in [3.63, 3.8) is 0 Å². The average Bonchev–Trinajstić information content (AvgIpc) is 2.33. The quantitative estimate of drug-likeness (QED) is 0.455. The van der Waals surface area contributed by atoms with Gasteiger partial charge in [-0.3, -0.25) is 0 Å². The van der Waals surface area contributed by atoms with E-state index in [9.17, 15) is 22.4 Å². The molecule has 6 heteroatoms. The van der Waals surface area contributed by atoms with Gasteiger partial charge in [0.15, 0.2) is 0 Å². The lowest BCUT2D eigenvalue weighted by Gasteiger charge is -2.12. The molecule has 1 aromatic carbocycles. The van der Waals surface area contributed by atoms with E-state index in [0.29, 0.717) is 18.4 Å². The van der Waals surface area contributed by atoms with Crippen molar-refractivity contribution in [2.24, 2.45) is 5.92 Å². The third-order valence-electron chi connectivity index (χ3n) is 2.67. The highest BCUT2D eigenvalue weighted by molar-refractivity contribution is 5.91. The van der Waals surface area contributed by atoms with Crippen molar-refractivity contribution in [2.75, 3.05) is 6.61 Å². The van der Waals surface area contributed by atoms with Crippen LogP contribution in [-0.4, -0.2) is 12.6 Å². The molecule has 0 aliphatic rings. The standard InChI is InChI=1S/C14H16F4O2/c1-9(2)4-3-7-20-13(19)11-6-5-10(15)8-12(11)14(16,17)18/h5-6,8-9H,3-4,7H2,1-2H3. The van der Waals surface area contributed by atoms with Crippen LogP contribution in [0.5, 0.6) is 0 Å². The van der Waals surface area contributed by atoms with E-state index >= 15 is 0 Å². The highest BCUT2D eigenvalue weighted by Crippen LogP contribution is 2.32. The molecule has 2 nitrogen and oxygen atoms in total. The fraction of sp³-hybridized carbons (Fsp3) is 0.500. The number of rotatable bonds is 5. The maximum Gasteiger partial charge on any atom is 0.417 e. The molecule has 1 aromatic rings. The van der Waals surface area contributed by atoms with Crippen molar-refractivity contribution in [3.05, 3.63) is 35.1 Å². The molecule has 0 N–H and O–H groups in total. The van der Waals surface area contributed by atoms with E-state index in [0.717, 1.165) is 18.6 Å².